The van der Waals surface area contributed by atoms with Gasteiger partial charge in [-0.1, -0.05) is 11.6 Å². The summed E-state index contributed by atoms with van der Waals surface area (Å²) in [7, 11) is 2.71. The quantitative estimate of drug-likeness (QED) is 0.636. The Morgan fingerprint density at radius 1 is 1.30 bits per heavy atom. The minimum atomic E-state index is -0.544. The predicted molar refractivity (Wildman–Crippen MR) is 89.2 cm³/mol. The fraction of sp³-hybridized carbons (Fsp3) is 0.200. The van der Waals surface area contributed by atoms with E-state index in [1.807, 2.05) is 0 Å². The van der Waals surface area contributed by atoms with Crippen LogP contribution in [0.2, 0.25) is 4.34 Å². The topological polar surface area (TPSA) is 90.6 Å². The molecule has 0 spiro atoms. The summed E-state index contributed by atoms with van der Waals surface area (Å²) in [6.07, 6.45) is 0. The summed E-state index contributed by atoms with van der Waals surface area (Å²) >= 11 is 6.99. The second kappa shape index (κ2) is 7.34. The lowest BCUT2D eigenvalue weighted by molar-refractivity contribution is 0.0597. The standard InChI is InChI=1S/C15H15ClN2O4S/c1-21-11-5-8(10(17)6-9(11)15(20)22-2)7-18-14(19)12-3-4-13(16)23-12/h3-6H,7,17H2,1-2H3,(H,18,19). The molecule has 0 aliphatic carbocycles. The molecule has 0 saturated heterocycles. The number of ether oxygens (including phenoxy) is 2. The molecule has 3 N–H and O–H groups in total. The molecule has 0 fully saturated rings. The number of rotatable bonds is 5. The Balaban J connectivity index is 2.17. The van der Waals surface area contributed by atoms with Crippen molar-refractivity contribution in [3.8, 4) is 5.75 Å². The van der Waals surface area contributed by atoms with Gasteiger partial charge in [0.15, 0.2) is 0 Å². The second-order valence-corrected chi connectivity index (χ2v) is 6.24. The van der Waals surface area contributed by atoms with Crippen LogP contribution in [-0.2, 0) is 11.3 Å². The second-order valence-electron chi connectivity index (χ2n) is 4.53. The first kappa shape index (κ1) is 17.1. The van der Waals surface area contributed by atoms with Crippen molar-refractivity contribution in [1.29, 1.82) is 0 Å². The van der Waals surface area contributed by atoms with Crippen LogP contribution in [-0.4, -0.2) is 26.1 Å². The Morgan fingerprint density at radius 3 is 2.61 bits per heavy atom. The predicted octanol–water partition coefficient (Wildman–Crippen LogP) is 2.71. The van der Waals surface area contributed by atoms with Gasteiger partial charge in [0.1, 0.15) is 11.3 Å². The van der Waals surface area contributed by atoms with Gasteiger partial charge in [0.2, 0.25) is 0 Å². The molecule has 1 aromatic carbocycles. The number of esters is 1. The molecule has 1 heterocycles. The normalized spacial score (nSPS) is 10.2. The van der Waals surface area contributed by atoms with E-state index in [9.17, 15) is 9.59 Å². The number of nitrogens with one attached hydrogen (secondary N) is 1. The minimum Gasteiger partial charge on any atom is -0.496 e. The first-order valence-electron chi connectivity index (χ1n) is 6.54. The van der Waals surface area contributed by atoms with Crippen LogP contribution < -0.4 is 15.8 Å². The van der Waals surface area contributed by atoms with Crippen molar-refractivity contribution in [2.24, 2.45) is 0 Å². The van der Waals surface area contributed by atoms with Crippen LogP contribution >= 0.6 is 22.9 Å². The number of carbonyl (C=O) groups is 2. The summed E-state index contributed by atoms with van der Waals surface area (Å²) in [6, 6.07) is 6.37. The Morgan fingerprint density at radius 2 is 2.04 bits per heavy atom. The van der Waals surface area contributed by atoms with E-state index in [0.717, 1.165) is 0 Å². The molecule has 0 atom stereocenters. The summed E-state index contributed by atoms with van der Waals surface area (Å²) in [5, 5.41) is 2.74. The van der Waals surface area contributed by atoms with Gasteiger partial charge in [-0.3, -0.25) is 4.79 Å². The van der Waals surface area contributed by atoms with Crippen molar-refractivity contribution in [2.45, 2.75) is 6.54 Å². The molecular formula is C15H15ClN2O4S. The zero-order valence-corrected chi connectivity index (χ0v) is 14.1. The van der Waals surface area contributed by atoms with Crippen LogP contribution in [0.5, 0.6) is 5.75 Å². The number of amides is 1. The third kappa shape index (κ3) is 3.94. The van der Waals surface area contributed by atoms with Crippen LogP contribution in [0.4, 0.5) is 5.69 Å². The molecule has 0 aliphatic heterocycles. The molecule has 0 radical (unpaired) electrons. The van der Waals surface area contributed by atoms with Gasteiger partial charge in [0.25, 0.3) is 5.91 Å². The maximum atomic E-state index is 12.0. The van der Waals surface area contributed by atoms with Crippen molar-refractivity contribution in [1.82, 2.24) is 5.32 Å². The van der Waals surface area contributed by atoms with E-state index in [4.69, 9.17) is 22.1 Å². The number of hydrogen-bond donors (Lipinski definition) is 2. The summed E-state index contributed by atoms with van der Waals surface area (Å²) in [5.74, 6) is -0.468. The van der Waals surface area contributed by atoms with Crippen LogP contribution in [0.1, 0.15) is 25.6 Å². The summed E-state index contributed by atoms with van der Waals surface area (Å²) in [5.41, 5.74) is 7.15. The average molecular weight is 355 g/mol. The lowest BCUT2D eigenvalue weighted by atomic mass is 10.1. The number of benzene rings is 1. The lowest BCUT2D eigenvalue weighted by Gasteiger charge is -2.12. The molecule has 23 heavy (non-hydrogen) atoms. The van der Waals surface area contributed by atoms with Crippen LogP contribution in [0.3, 0.4) is 0 Å². The van der Waals surface area contributed by atoms with Crippen molar-refractivity contribution in [3.05, 3.63) is 44.6 Å². The van der Waals surface area contributed by atoms with E-state index in [0.29, 0.717) is 26.2 Å². The van der Waals surface area contributed by atoms with E-state index in [2.05, 4.69) is 10.1 Å². The lowest BCUT2D eigenvalue weighted by Crippen LogP contribution is -2.22. The smallest absolute Gasteiger partial charge is 0.341 e. The van der Waals surface area contributed by atoms with Crippen molar-refractivity contribution >= 4 is 40.5 Å². The van der Waals surface area contributed by atoms with Crippen molar-refractivity contribution < 1.29 is 19.1 Å². The van der Waals surface area contributed by atoms with Crippen molar-refractivity contribution in [3.63, 3.8) is 0 Å². The highest BCUT2D eigenvalue weighted by atomic mass is 35.5. The van der Waals surface area contributed by atoms with E-state index in [-0.39, 0.29) is 18.0 Å². The molecule has 0 bridgehead atoms. The molecule has 1 amide bonds. The molecule has 2 aromatic rings. The summed E-state index contributed by atoms with van der Waals surface area (Å²) in [4.78, 5) is 24.2. The van der Waals surface area contributed by atoms with E-state index in [1.54, 1.807) is 18.2 Å². The van der Waals surface area contributed by atoms with Gasteiger partial charge in [-0.05, 0) is 29.8 Å². The van der Waals surface area contributed by atoms with Gasteiger partial charge < -0.3 is 20.5 Å². The fourth-order valence-electron chi connectivity index (χ4n) is 1.93. The van der Waals surface area contributed by atoms with Gasteiger partial charge in [-0.25, -0.2) is 4.79 Å². The van der Waals surface area contributed by atoms with Gasteiger partial charge in [0.05, 0.1) is 23.4 Å². The van der Waals surface area contributed by atoms with Crippen LogP contribution in [0, 0.1) is 0 Å². The zero-order chi connectivity index (χ0) is 17.0. The first-order valence-corrected chi connectivity index (χ1v) is 7.74. The van der Waals surface area contributed by atoms with Gasteiger partial charge >= 0.3 is 5.97 Å². The van der Waals surface area contributed by atoms with Crippen molar-refractivity contribution in [2.75, 3.05) is 20.0 Å². The highest BCUT2D eigenvalue weighted by Crippen LogP contribution is 2.26. The average Bonchev–Trinajstić information content (AvgIpc) is 2.98. The largest absolute Gasteiger partial charge is 0.496 e. The number of hydrogen-bond acceptors (Lipinski definition) is 6. The Labute approximate surface area is 142 Å². The van der Waals surface area contributed by atoms with Crippen LogP contribution in [0.15, 0.2) is 24.3 Å². The van der Waals surface area contributed by atoms with E-state index >= 15 is 0 Å². The number of nitrogen functional groups attached to an aromatic ring is 1. The molecule has 2 rings (SSSR count). The molecule has 6 nitrogen and oxygen atoms in total. The molecule has 0 unspecified atom stereocenters. The van der Waals surface area contributed by atoms with Crippen LogP contribution in [0.25, 0.3) is 0 Å². The molecule has 8 heteroatoms. The van der Waals surface area contributed by atoms with E-state index in [1.165, 1.54) is 31.6 Å². The highest BCUT2D eigenvalue weighted by Gasteiger charge is 2.16. The number of methoxy groups -OCH3 is 2. The number of carbonyl (C=O) groups excluding carboxylic acids is 2. The third-order valence-corrected chi connectivity index (χ3v) is 4.33. The fourth-order valence-corrected chi connectivity index (χ4v) is 2.89. The summed E-state index contributed by atoms with van der Waals surface area (Å²) < 4.78 is 10.4. The summed E-state index contributed by atoms with van der Waals surface area (Å²) in [6.45, 7) is 0.192. The Kier molecular flexibility index (Phi) is 5.46. The molecule has 0 saturated carbocycles. The Hall–Kier alpha value is -2.25. The maximum absolute atomic E-state index is 12.0. The monoisotopic (exact) mass is 354 g/mol. The first-order chi connectivity index (χ1) is 11.0. The number of anilines is 1. The molecule has 1 aromatic heterocycles. The third-order valence-electron chi connectivity index (χ3n) is 3.10. The Bertz CT molecular complexity index is 745. The molecular weight excluding hydrogens is 340 g/mol. The van der Waals surface area contributed by atoms with Gasteiger partial charge in [-0.2, -0.15) is 0 Å². The van der Waals surface area contributed by atoms with Gasteiger partial charge in [-0.15, -0.1) is 11.3 Å². The SMILES string of the molecule is COC(=O)c1cc(N)c(CNC(=O)c2ccc(Cl)s2)cc1OC. The number of thiophene rings is 1. The maximum Gasteiger partial charge on any atom is 0.341 e. The molecule has 122 valence electrons. The number of nitrogens with two attached hydrogens (primary N) is 1. The number of halogens is 1. The van der Waals surface area contributed by atoms with Gasteiger partial charge in [0, 0.05) is 12.2 Å². The van der Waals surface area contributed by atoms with E-state index < -0.39 is 5.97 Å². The zero-order valence-electron chi connectivity index (χ0n) is 12.5. The molecule has 0 aliphatic rings. The minimum absolute atomic E-state index is 0.192. The highest BCUT2D eigenvalue weighted by molar-refractivity contribution is 7.17.